The average Bonchev–Trinajstić information content (AvgIpc) is 3.13. The largest absolute Gasteiger partial charge is 0.381 e. The smallest absolute Gasteiger partial charge is 0.253 e. The molecule has 1 fully saturated rings. The van der Waals surface area contributed by atoms with E-state index in [2.05, 4.69) is 15.3 Å². The van der Waals surface area contributed by atoms with Crippen LogP contribution in [0.4, 0.5) is 5.82 Å². The molecule has 2 aromatic heterocycles. The number of hydrogen-bond donors (Lipinski definition) is 1. The van der Waals surface area contributed by atoms with Gasteiger partial charge in [-0.25, -0.2) is 4.98 Å². The lowest BCUT2D eigenvalue weighted by atomic mass is 10.0. The summed E-state index contributed by atoms with van der Waals surface area (Å²) in [5, 5.41) is 3.56. The fourth-order valence-electron chi connectivity index (χ4n) is 3.45. The van der Waals surface area contributed by atoms with E-state index in [1.807, 2.05) is 18.3 Å². The van der Waals surface area contributed by atoms with Crippen LogP contribution in [0.5, 0.6) is 0 Å². The molecule has 1 saturated heterocycles. The summed E-state index contributed by atoms with van der Waals surface area (Å²) in [6.07, 6.45) is 5.40. The fourth-order valence-corrected chi connectivity index (χ4v) is 3.45. The van der Waals surface area contributed by atoms with Crippen molar-refractivity contribution in [2.24, 2.45) is 4.99 Å². The minimum Gasteiger partial charge on any atom is -0.381 e. The predicted molar refractivity (Wildman–Crippen MR) is 103 cm³/mol. The fraction of sp³-hybridized carbons (Fsp3) is 0.400. The number of carbonyl (C=O) groups excluding carboxylic acids is 1. The molecule has 0 aliphatic carbocycles. The highest BCUT2D eigenvalue weighted by Crippen LogP contribution is 2.29. The van der Waals surface area contributed by atoms with E-state index in [0.29, 0.717) is 23.8 Å². The Morgan fingerprint density at radius 1 is 1.19 bits per heavy atom. The molecule has 4 rings (SSSR count). The molecule has 1 N–H and O–H groups in total. The Hall–Kier alpha value is -2.80. The van der Waals surface area contributed by atoms with E-state index >= 15 is 0 Å². The maximum Gasteiger partial charge on any atom is 0.253 e. The first-order valence-electron chi connectivity index (χ1n) is 9.18. The highest BCUT2D eigenvalue weighted by Gasteiger charge is 2.25. The molecule has 2 aromatic rings. The first-order chi connectivity index (χ1) is 13.1. The van der Waals surface area contributed by atoms with Gasteiger partial charge in [-0.05, 0) is 36.6 Å². The predicted octanol–water partition coefficient (Wildman–Crippen LogP) is 2.12. The standard InChI is InChI=1S/C20H23N5O2/c1-25(2)20(26)13-3-7-21-16(11-13)18-17-14(12-23-18)4-8-22-19(17)24-15-5-9-27-10-6-15/h3-4,7-8,11,15H,5-6,9-10,12H2,1-2H3,(H,22,24). The molecule has 0 saturated carbocycles. The van der Waals surface area contributed by atoms with Crippen LogP contribution in [0.25, 0.3) is 0 Å². The maximum absolute atomic E-state index is 12.3. The van der Waals surface area contributed by atoms with E-state index in [0.717, 1.165) is 48.7 Å². The number of hydrogen-bond acceptors (Lipinski definition) is 6. The number of amides is 1. The third kappa shape index (κ3) is 3.55. The second-order valence-corrected chi connectivity index (χ2v) is 7.02. The molecule has 2 aliphatic rings. The van der Waals surface area contributed by atoms with Crippen molar-refractivity contribution >= 4 is 17.4 Å². The quantitative estimate of drug-likeness (QED) is 0.898. The summed E-state index contributed by atoms with van der Waals surface area (Å²) < 4.78 is 5.45. The lowest BCUT2D eigenvalue weighted by molar-refractivity contribution is 0.0827. The Kier molecular flexibility index (Phi) is 4.85. The molecule has 0 aromatic carbocycles. The molecule has 7 nitrogen and oxygen atoms in total. The van der Waals surface area contributed by atoms with Crippen molar-refractivity contribution in [2.45, 2.75) is 25.4 Å². The van der Waals surface area contributed by atoms with Crippen molar-refractivity contribution < 1.29 is 9.53 Å². The number of fused-ring (bicyclic) bond motifs is 1. The van der Waals surface area contributed by atoms with Crippen molar-refractivity contribution in [3.8, 4) is 0 Å². The van der Waals surface area contributed by atoms with Crippen LogP contribution < -0.4 is 5.32 Å². The summed E-state index contributed by atoms with van der Waals surface area (Å²) in [6.45, 7) is 2.14. The Morgan fingerprint density at radius 3 is 2.74 bits per heavy atom. The van der Waals surface area contributed by atoms with Gasteiger partial charge in [-0.2, -0.15) is 0 Å². The van der Waals surface area contributed by atoms with E-state index in [1.54, 1.807) is 31.3 Å². The number of aromatic nitrogens is 2. The summed E-state index contributed by atoms with van der Waals surface area (Å²) in [5.41, 5.74) is 4.21. The van der Waals surface area contributed by atoms with Crippen molar-refractivity contribution in [3.05, 3.63) is 53.0 Å². The van der Waals surface area contributed by atoms with E-state index in [1.165, 1.54) is 0 Å². The van der Waals surface area contributed by atoms with Crippen LogP contribution in [0.2, 0.25) is 0 Å². The first kappa shape index (κ1) is 17.6. The number of nitrogens with zero attached hydrogens (tertiary/aromatic N) is 4. The number of rotatable bonds is 4. The summed E-state index contributed by atoms with van der Waals surface area (Å²) in [4.78, 5) is 27.6. The Bertz CT molecular complexity index is 888. The van der Waals surface area contributed by atoms with Crippen LogP contribution in [0, 0.1) is 0 Å². The van der Waals surface area contributed by atoms with Crippen LogP contribution >= 0.6 is 0 Å². The maximum atomic E-state index is 12.3. The van der Waals surface area contributed by atoms with Gasteiger partial charge in [0.05, 0.1) is 18.0 Å². The number of aliphatic imine (C=N–C) groups is 1. The van der Waals surface area contributed by atoms with Gasteiger partial charge in [-0.1, -0.05) is 0 Å². The van der Waals surface area contributed by atoms with E-state index < -0.39 is 0 Å². The van der Waals surface area contributed by atoms with Gasteiger partial charge >= 0.3 is 0 Å². The third-order valence-electron chi connectivity index (χ3n) is 4.90. The van der Waals surface area contributed by atoms with Gasteiger partial charge in [0.25, 0.3) is 5.91 Å². The summed E-state index contributed by atoms with van der Waals surface area (Å²) >= 11 is 0. The van der Waals surface area contributed by atoms with Crippen LogP contribution in [0.3, 0.4) is 0 Å². The van der Waals surface area contributed by atoms with Crippen LogP contribution in [0.15, 0.2) is 35.6 Å². The SMILES string of the molecule is CN(C)C(=O)c1ccnc(C2=NCc3ccnc(NC4CCOCC4)c32)c1. The van der Waals surface area contributed by atoms with E-state index in [4.69, 9.17) is 9.73 Å². The molecule has 0 atom stereocenters. The third-order valence-corrected chi connectivity index (χ3v) is 4.90. The van der Waals surface area contributed by atoms with Gasteiger partial charge in [0, 0.05) is 56.9 Å². The Morgan fingerprint density at radius 2 is 1.96 bits per heavy atom. The molecule has 0 radical (unpaired) electrons. The molecule has 0 spiro atoms. The van der Waals surface area contributed by atoms with Crippen molar-refractivity contribution in [1.82, 2.24) is 14.9 Å². The minimum atomic E-state index is -0.0517. The average molecular weight is 365 g/mol. The zero-order valence-electron chi connectivity index (χ0n) is 15.6. The zero-order valence-corrected chi connectivity index (χ0v) is 15.6. The Balaban J connectivity index is 1.67. The number of ether oxygens (including phenoxy) is 1. The van der Waals surface area contributed by atoms with Crippen molar-refractivity contribution in [1.29, 1.82) is 0 Å². The van der Waals surface area contributed by atoms with Gasteiger partial charge in [-0.15, -0.1) is 0 Å². The van der Waals surface area contributed by atoms with Crippen LogP contribution in [-0.4, -0.2) is 59.8 Å². The lowest BCUT2D eigenvalue weighted by Crippen LogP contribution is -2.29. The summed E-state index contributed by atoms with van der Waals surface area (Å²) in [6, 6.07) is 5.87. The lowest BCUT2D eigenvalue weighted by Gasteiger charge is -2.24. The monoisotopic (exact) mass is 365 g/mol. The normalized spacial score (nSPS) is 16.6. The minimum absolute atomic E-state index is 0.0517. The van der Waals surface area contributed by atoms with Crippen molar-refractivity contribution in [2.75, 3.05) is 32.6 Å². The molecule has 27 heavy (non-hydrogen) atoms. The molecule has 4 heterocycles. The molecule has 7 heteroatoms. The van der Waals surface area contributed by atoms with E-state index in [9.17, 15) is 4.79 Å². The summed E-state index contributed by atoms with van der Waals surface area (Å²) in [5.74, 6) is 0.783. The zero-order chi connectivity index (χ0) is 18.8. The molecular formula is C20H23N5O2. The molecule has 1 amide bonds. The number of pyridine rings is 2. The topological polar surface area (TPSA) is 79.7 Å². The molecular weight excluding hydrogens is 342 g/mol. The number of carbonyl (C=O) groups is 1. The summed E-state index contributed by atoms with van der Waals surface area (Å²) in [7, 11) is 3.48. The van der Waals surface area contributed by atoms with E-state index in [-0.39, 0.29) is 5.91 Å². The number of anilines is 1. The Labute approximate surface area is 158 Å². The van der Waals surface area contributed by atoms with Gasteiger partial charge < -0.3 is 15.0 Å². The highest BCUT2D eigenvalue weighted by atomic mass is 16.5. The van der Waals surface area contributed by atoms with Gasteiger partial charge in [0.2, 0.25) is 0 Å². The molecule has 140 valence electrons. The highest BCUT2D eigenvalue weighted by molar-refractivity contribution is 6.17. The van der Waals surface area contributed by atoms with Crippen molar-refractivity contribution in [3.63, 3.8) is 0 Å². The molecule has 2 aliphatic heterocycles. The second-order valence-electron chi connectivity index (χ2n) is 7.02. The van der Waals surface area contributed by atoms with Gasteiger partial charge in [-0.3, -0.25) is 14.8 Å². The molecule has 0 bridgehead atoms. The number of nitrogens with one attached hydrogen (secondary N) is 1. The van der Waals surface area contributed by atoms with Gasteiger partial charge in [0.1, 0.15) is 5.82 Å². The van der Waals surface area contributed by atoms with Crippen LogP contribution in [0.1, 0.15) is 40.0 Å². The van der Waals surface area contributed by atoms with Crippen LogP contribution in [-0.2, 0) is 11.3 Å². The second kappa shape index (κ2) is 7.44. The first-order valence-corrected chi connectivity index (χ1v) is 9.18. The molecule has 0 unspecified atom stereocenters. The van der Waals surface area contributed by atoms with Gasteiger partial charge in [0.15, 0.2) is 0 Å².